The van der Waals surface area contributed by atoms with Gasteiger partial charge in [-0.25, -0.2) is 14.8 Å². The van der Waals surface area contributed by atoms with E-state index in [2.05, 4.69) is 21.9 Å². The Bertz CT molecular complexity index is 1180. The Morgan fingerprint density at radius 3 is 2.59 bits per heavy atom. The molecule has 0 fully saturated rings. The number of fused-ring (bicyclic) bond motifs is 5. The molecule has 0 radical (unpaired) electrons. The summed E-state index contributed by atoms with van der Waals surface area (Å²) in [5.74, 6) is -0.391. The first-order valence-corrected chi connectivity index (χ1v) is 9.32. The summed E-state index contributed by atoms with van der Waals surface area (Å²) >= 11 is 0. The van der Waals surface area contributed by atoms with E-state index in [0.717, 1.165) is 50.5 Å². The lowest BCUT2D eigenvalue weighted by molar-refractivity contribution is 0.0370. The SMILES string of the molecule is CCc1cnc2c(ccc3[nH]c4cnc(C(=O)OC(C)C)c(CC)c4c32)n1. The second-order valence-corrected chi connectivity index (χ2v) is 6.88. The number of benzene rings is 1. The van der Waals surface area contributed by atoms with E-state index in [9.17, 15) is 4.79 Å². The highest BCUT2D eigenvalue weighted by Gasteiger charge is 2.21. The summed E-state index contributed by atoms with van der Waals surface area (Å²) < 4.78 is 5.39. The molecule has 0 bridgehead atoms. The number of carbonyl (C=O) groups excluding carboxylic acids is 1. The third kappa shape index (κ3) is 2.81. The van der Waals surface area contributed by atoms with Crippen molar-refractivity contribution < 1.29 is 9.53 Å². The van der Waals surface area contributed by atoms with Crippen molar-refractivity contribution in [2.75, 3.05) is 0 Å². The van der Waals surface area contributed by atoms with Crippen LogP contribution in [0.4, 0.5) is 0 Å². The smallest absolute Gasteiger partial charge is 0.357 e. The van der Waals surface area contributed by atoms with Crippen molar-refractivity contribution in [3.63, 3.8) is 0 Å². The number of pyridine rings is 1. The van der Waals surface area contributed by atoms with Crippen LogP contribution in [0.25, 0.3) is 32.8 Å². The highest BCUT2D eigenvalue weighted by molar-refractivity contribution is 6.20. The van der Waals surface area contributed by atoms with Crippen LogP contribution in [0.15, 0.2) is 24.5 Å². The van der Waals surface area contributed by atoms with E-state index in [4.69, 9.17) is 9.72 Å². The van der Waals surface area contributed by atoms with Crippen LogP contribution in [0.2, 0.25) is 0 Å². The maximum atomic E-state index is 12.6. The van der Waals surface area contributed by atoms with Gasteiger partial charge in [-0.2, -0.15) is 0 Å². The van der Waals surface area contributed by atoms with Crippen LogP contribution in [-0.4, -0.2) is 32.0 Å². The van der Waals surface area contributed by atoms with Crippen molar-refractivity contribution in [3.05, 3.63) is 41.5 Å². The number of carbonyl (C=O) groups is 1. The zero-order valence-electron chi connectivity index (χ0n) is 16.0. The maximum Gasteiger partial charge on any atom is 0.357 e. The van der Waals surface area contributed by atoms with Crippen LogP contribution in [0, 0.1) is 0 Å². The van der Waals surface area contributed by atoms with Gasteiger partial charge in [-0.05, 0) is 44.4 Å². The molecule has 0 aliphatic heterocycles. The lowest BCUT2D eigenvalue weighted by atomic mass is 10.0. The van der Waals surface area contributed by atoms with Gasteiger partial charge in [-0.1, -0.05) is 13.8 Å². The van der Waals surface area contributed by atoms with Gasteiger partial charge in [0.1, 0.15) is 0 Å². The predicted molar refractivity (Wildman–Crippen MR) is 106 cm³/mol. The summed E-state index contributed by atoms with van der Waals surface area (Å²) in [4.78, 5) is 29.7. The van der Waals surface area contributed by atoms with Crippen molar-refractivity contribution in [3.8, 4) is 0 Å². The number of aryl methyl sites for hydroxylation is 2. The molecule has 0 aliphatic carbocycles. The van der Waals surface area contributed by atoms with E-state index in [1.807, 2.05) is 39.1 Å². The molecule has 3 aromatic heterocycles. The molecule has 3 heterocycles. The summed E-state index contributed by atoms with van der Waals surface area (Å²) in [7, 11) is 0. The number of rotatable bonds is 4. The van der Waals surface area contributed by atoms with E-state index >= 15 is 0 Å². The van der Waals surface area contributed by atoms with Crippen molar-refractivity contribution in [1.82, 2.24) is 19.9 Å². The van der Waals surface area contributed by atoms with Gasteiger partial charge in [0, 0.05) is 22.5 Å². The number of nitrogens with one attached hydrogen (secondary N) is 1. The summed E-state index contributed by atoms with van der Waals surface area (Å²) in [5.41, 5.74) is 5.74. The van der Waals surface area contributed by atoms with Gasteiger partial charge in [0.25, 0.3) is 0 Å². The maximum absolute atomic E-state index is 12.6. The molecule has 1 aromatic carbocycles. The van der Waals surface area contributed by atoms with E-state index in [0.29, 0.717) is 12.1 Å². The second kappa shape index (κ2) is 6.61. The average molecular weight is 362 g/mol. The summed E-state index contributed by atoms with van der Waals surface area (Å²) in [5, 5.41) is 1.96. The molecular weight excluding hydrogens is 340 g/mol. The predicted octanol–water partition coefficient (Wildman–Crippen LogP) is 4.35. The van der Waals surface area contributed by atoms with Crippen LogP contribution in [0.5, 0.6) is 0 Å². The van der Waals surface area contributed by atoms with Crippen molar-refractivity contribution in [1.29, 1.82) is 0 Å². The highest BCUT2D eigenvalue weighted by atomic mass is 16.5. The fourth-order valence-electron chi connectivity index (χ4n) is 3.52. The monoisotopic (exact) mass is 362 g/mol. The Morgan fingerprint density at radius 1 is 1.07 bits per heavy atom. The highest BCUT2D eigenvalue weighted by Crippen LogP contribution is 2.34. The largest absolute Gasteiger partial charge is 0.458 e. The molecule has 0 spiro atoms. The van der Waals surface area contributed by atoms with Gasteiger partial charge in [0.15, 0.2) is 5.69 Å². The minimum atomic E-state index is -0.391. The van der Waals surface area contributed by atoms with Crippen molar-refractivity contribution >= 4 is 38.8 Å². The Balaban J connectivity index is 2.07. The topological polar surface area (TPSA) is 80.8 Å². The average Bonchev–Trinajstić information content (AvgIpc) is 3.05. The number of H-pyrrole nitrogens is 1. The molecule has 0 saturated heterocycles. The fourth-order valence-corrected chi connectivity index (χ4v) is 3.52. The number of hydrogen-bond donors (Lipinski definition) is 1. The standard InChI is InChI=1S/C21H22N4O2/c1-5-12-9-22-20-15(24-12)8-7-14-18(20)17-13(6-2)19(21(26)27-11(3)4)23-10-16(17)25-14/h7-11,25H,5-6H2,1-4H3. The van der Waals surface area contributed by atoms with Crippen LogP contribution >= 0.6 is 0 Å². The van der Waals surface area contributed by atoms with Gasteiger partial charge < -0.3 is 9.72 Å². The quantitative estimate of drug-likeness (QED) is 0.546. The number of ether oxygens (including phenoxy) is 1. The first-order valence-electron chi connectivity index (χ1n) is 9.32. The normalized spacial score (nSPS) is 11.7. The number of aromatic amines is 1. The minimum absolute atomic E-state index is 0.193. The van der Waals surface area contributed by atoms with E-state index in [1.54, 1.807) is 6.20 Å². The number of hydrogen-bond acceptors (Lipinski definition) is 5. The molecular formula is C21H22N4O2. The van der Waals surface area contributed by atoms with Crippen LogP contribution in [0.3, 0.4) is 0 Å². The van der Waals surface area contributed by atoms with Crippen LogP contribution < -0.4 is 0 Å². The summed E-state index contributed by atoms with van der Waals surface area (Å²) in [6.45, 7) is 7.76. The molecule has 0 aliphatic rings. The van der Waals surface area contributed by atoms with Gasteiger partial charge in [-0.15, -0.1) is 0 Å². The zero-order chi connectivity index (χ0) is 19.1. The molecule has 1 N–H and O–H groups in total. The number of aromatic nitrogens is 4. The van der Waals surface area contributed by atoms with Gasteiger partial charge in [0.2, 0.25) is 0 Å². The van der Waals surface area contributed by atoms with E-state index < -0.39 is 5.97 Å². The van der Waals surface area contributed by atoms with Crippen molar-refractivity contribution in [2.24, 2.45) is 0 Å². The molecule has 138 valence electrons. The molecule has 4 aromatic rings. The minimum Gasteiger partial charge on any atom is -0.458 e. The Kier molecular flexibility index (Phi) is 4.26. The molecule has 27 heavy (non-hydrogen) atoms. The Hall–Kier alpha value is -3.02. The van der Waals surface area contributed by atoms with E-state index in [-0.39, 0.29) is 6.10 Å². The lowest BCUT2D eigenvalue weighted by Crippen LogP contribution is -2.15. The summed E-state index contributed by atoms with van der Waals surface area (Å²) in [6, 6.07) is 3.99. The molecule has 0 unspecified atom stereocenters. The van der Waals surface area contributed by atoms with E-state index in [1.165, 1.54) is 0 Å². The van der Waals surface area contributed by atoms with Crippen LogP contribution in [0.1, 0.15) is 49.4 Å². The molecule has 0 saturated carbocycles. The van der Waals surface area contributed by atoms with Crippen LogP contribution in [-0.2, 0) is 17.6 Å². The molecule has 4 rings (SSSR count). The van der Waals surface area contributed by atoms with Crippen molar-refractivity contribution in [2.45, 2.75) is 46.6 Å². The number of nitrogens with zero attached hydrogens (tertiary/aromatic N) is 3. The number of esters is 1. The summed E-state index contributed by atoms with van der Waals surface area (Å²) in [6.07, 6.45) is 4.83. The Labute approximate surface area is 157 Å². The lowest BCUT2D eigenvalue weighted by Gasteiger charge is -2.11. The molecule has 0 atom stereocenters. The van der Waals surface area contributed by atoms with Gasteiger partial charge in [0.05, 0.1) is 34.5 Å². The third-order valence-corrected chi connectivity index (χ3v) is 4.71. The molecule has 0 amide bonds. The first-order chi connectivity index (χ1) is 13.0. The third-order valence-electron chi connectivity index (χ3n) is 4.71. The Morgan fingerprint density at radius 2 is 1.89 bits per heavy atom. The zero-order valence-corrected chi connectivity index (χ0v) is 16.0. The second-order valence-electron chi connectivity index (χ2n) is 6.88. The first kappa shape index (κ1) is 17.4. The molecule has 6 heteroatoms. The van der Waals surface area contributed by atoms with Gasteiger partial charge in [-0.3, -0.25) is 4.98 Å². The molecule has 6 nitrogen and oxygen atoms in total. The van der Waals surface area contributed by atoms with Gasteiger partial charge >= 0.3 is 5.97 Å². The fraction of sp³-hybridized carbons (Fsp3) is 0.333.